The number of carbonyl (C=O) groups is 1. The van der Waals surface area contributed by atoms with Gasteiger partial charge in [0.1, 0.15) is 0 Å². The third-order valence-corrected chi connectivity index (χ3v) is 4.53. The first-order valence-electron chi connectivity index (χ1n) is 8.33. The quantitative estimate of drug-likeness (QED) is 0.853. The fourth-order valence-electron chi connectivity index (χ4n) is 3.34. The van der Waals surface area contributed by atoms with Crippen LogP contribution in [-0.4, -0.2) is 53.5 Å². The lowest BCUT2D eigenvalue weighted by Crippen LogP contribution is -2.36. The summed E-state index contributed by atoms with van der Waals surface area (Å²) >= 11 is 0. The van der Waals surface area contributed by atoms with Gasteiger partial charge in [-0.15, -0.1) is 0 Å². The van der Waals surface area contributed by atoms with E-state index in [1.807, 2.05) is 11.8 Å². The molecule has 0 aliphatic carbocycles. The third-order valence-electron chi connectivity index (χ3n) is 4.53. The number of likely N-dealkylation sites (tertiary alicyclic amines) is 1. The molecule has 2 aliphatic rings. The third kappa shape index (κ3) is 3.47. The van der Waals surface area contributed by atoms with Gasteiger partial charge in [0.15, 0.2) is 0 Å². The summed E-state index contributed by atoms with van der Waals surface area (Å²) in [4.78, 5) is 21.3. The van der Waals surface area contributed by atoms with Crippen LogP contribution in [0.5, 0.6) is 0 Å². The number of nitrogens with zero attached hydrogens (tertiary/aromatic N) is 3. The lowest BCUT2D eigenvalue weighted by Gasteiger charge is -2.27. The van der Waals surface area contributed by atoms with Gasteiger partial charge in [0.25, 0.3) is 0 Å². The number of rotatable bonds is 4. The first-order chi connectivity index (χ1) is 10.8. The van der Waals surface area contributed by atoms with Gasteiger partial charge in [-0.2, -0.15) is 0 Å². The highest BCUT2D eigenvalue weighted by molar-refractivity contribution is 5.76. The summed E-state index contributed by atoms with van der Waals surface area (Å²) in [7, 11) is 0. The van der Waals surface area contributed by atoms with Crippen LogP contribution in [0, 0.1) is 0 Å². The van der Waals surface area contributed by atoms with Crippen molar-refractivity contribution in [3.8, 4) is 0 Å². The van der Waals surface area contributed by atoms with E-state index in [-0.39, 0.29) is 11.9 Å². The Labute approximate surface area is 132 Å². The molecule has 1 amide bonds. The first-order valence-corrected chi connectivity index (χ1v) is 8.33. The van der Waals surface area contributed by atoms with E-state index in [0.29, 0.717) is 6.42 Å². The molecule has 22 heavy (non-hydrogen) atoms. The minimum atomic E-state index is 0.164. The van der Waals surface area contributed by atoms with E-state index in [1.165, 1.54) is 0 Å². The van der Waals surface area contributed by atoms with Crippen molar-refractivity contribution in [1.29, 1.82) is 0 Å². The zero-order valence-electron chi connectivity index (χ0n) is 13.3. The zero-order valence-corrected chi connectivity index (χ0v) is 13.3. The van der Waals surface area contributed by atoms with Gasteiger partial charge in [-0.1, -0.05) is 13.0 Å². The minimum absolute atomic E-state index is 0.164. The summed E-state index contributed by atoms with van der Waals surface area (Å²) in [6, 6.07) is 6.39. The molecule has 0 spiro atoms. The Morgan fingerprint density at radius 3 is 2.91 bits per heavy atom. The van der Waals surface area contributed by atoms with Crippen LogP contribution in [0.25, 0.3) is 0 Å². The van der Waals surface area contributed by atoms with Crippen molar-refractivity contribution >= 4 is 5.91 Å². The number of aromatic nitrogens is 1. The summed E-state index contributed by atoms with van der Waals surface area (Å²) in [5, 5.41) is 0. The van der Waals surface area contributed by atoms with E-state index in [9.17, 15) is 4.79 Å². The monoisotopic (exact) mass is 303 g/mol. The molecule has 0 aromatic carbocycles. The van der Waals surface area contributed by atoms with Crippen molar-refractivity contribution in [2.75, 3.05) is 32.8 Å². The van der Waals surface area contributed by atoms with Crippen LogP contribution in [0.4, 0.5) is 0 Å². The van der Waals surface area contributed by atoms with Crippen LogP contribution in [0.15, 0.2) is 18.2 Å². The van der Waals surface area contributed by atoms with E-state index >= 15 is 0 Å². The molecule has 3 heterocycles. The summed E-state index contributed by atoms with van der Waals surface area (Å²) in [6.45, 7) is 7.21. The number of amides is 1. The van der Waals surface area contributed by atoms with Crippen LogP contribution in [0.3, 0.4) is 0 Å². The van der Waals surface area contributed by atoms with Crippen LogP contribution in [0.1, 0.15) is 43.6 Å². The topological polar surface area (TPSA) is 45.7 Å². The van der Waals surface area contributed by atoms with Crippen molar-refractivity contribution < 1.29 is 9.53 Å². The van der Waals surface area contributed by atoms with Crippen LogP contribution >= 0.6 is 0 Å². The highest BCUT2D eigenvalue weighted by atomic mass is 16.5. The molecule has 1 aromatic rings. The zero-order chi connectivity index (χ0) is 15.4. The summed E-state index contributed by atoms with van der Waals surface area (Å²) in [5.74, 6) is 0.239. The summed E-state index contributed by atoms with van der Waals surface area (Å²) < 4.78 is 5.39. The predicted octanol–water partition coefficient (Wildman–Crippen LogP) is 1.99. The second-order valence-electron chi connectivity index (χ2n) is 6.04. The Balaban J connectivity index is 1.71. The summed E-state index contributed by atoms with van der Waals surface area (Å²) in [6.07, 6.45) is 2.68. The molecule has 5 nitrogen and oxygen atoms in total. The lowest BCUT2D eigenvalue weighted by molar-refractivity contribution is -0.131. The first kappa shape index (κ1) is 15.4. The molecule has 0 bridgehead atoms. The van der Waals surface area contributed by atoms with Crippen molar-refractivity contribution in [2.24, 2.45) is 0 Å². The molecule has 2 aliphatic heterocycles. The number of ether oxygens (including phenoxy) is 1. The standard InChI is InChI=1S/C17H25N3O2/c1-2-17(21)20-8-4-7-16(20)15-6-3-5-14(18-15)13-19-9-11-22-12-10-19/h3,5-6,16H,2,4,7-13H2,1H3/t16-/m0/s1. The molecule has 2 fully saturated rings. The van der Waals surface area contributed by atoms with E-state index in [1.54, 1.807) is 0 Å². The second kappa shape index (κ2) is 7.20. The molecule has 0 unspecified atom stereocenters. The van der Waals surface area contributed by atoms with E-state index in [2.05, 4.69) is 23.1 Å². The van der Waals surface area contributed by atoms with Crippen molar-refractivity contribution in [3.05, 3.63) is 29.6 Å². The molecular weight excluding hydrogens is 278 g/mol. The molecule has 1 aromatic heterocycles. The Morgan fingerprint density at radius 1 is 1.32 bits per heavy atom. The highest BCUT2D eigenvalue weighted by Crippen LogP contribution is 2.31. The molecule has 0 N–H and O–H groups in total. The maximum atomic E-state index is 12.1. The molecule has 0 saturated carbocycles. The Kier molecular flexibility index (Phi) is 5.05. The number of pyridine rings is 1. The normalized spacial score (nSPS) is 23.0. The van der Waals surface area contributed by atoms with Crippen molar-refractivity contribution in [3.63, 3.8) is 0 Å². The fraction of sp³-hybridized carbons (Fsp3) is 0.647. The predicted molar refractivity (Wildman–Crippen MR) is 84.3 cm³/mol. The molecule has 120 valence electrons. The molecule has 2 saturated heterocycles. The molecule has 3 rings (SSSR count). The van der Waals surface area contributed by atoms with E-state index < -0.39 is 0 Å². The Morgan fingerprint density at radius 2 is 2.14 bits per heavy atom. The Hall–Kier alpha value is -1.46. The van der Waals surface area contributed by atoms with Gasteiger partial charge >= 0.3 is 0 Å². The van der Waals surface area contributed by atoms with Gasteiger partial charge in [-0.05, 0) is 25.0 Å². The van der Waals surface area contributed by atoms with Gasteiger partial charge in [0, 0.05) is 32.6 Å². The second-order valence-corrected chi connectivity index (χ2v) is 6.04. The fourth-order valence-corrected chi connectivity index (χ4v) is 3.34. The average Bonchev–Trinajstić information content (AvgIpc) is 3.05. The van der Waals surface area contributed by atoms with Crippen molar-refractivity contribution in [2.45, 2.75) is 38.8 Å². The molecule has 0 radical (unpaired) electrons. The van der Waals surface area contributed by atoms with Gasteiger partial charge in [0.2, 0.25) is 5.91 Å². The molecular formula is C17H25N3O2. The largest absolute Gasteiger partial charge is 0.379 e. The number of hydrogen-bond acceptors (Lipinski definition) is 4. The number of carbonyl (C=O) groups excluding carboxylic acids is 1. The van der Waals surface area contributed by atoms with Gasteiger partial charge in [-0.25, -0.2) is 0 Å². The lowest BCUT2D eigenvalue weighted by atomic mass is 10.1. The molecule has 1 atom stereocenters. The smallest absolute Gasteiger partial charge is 0.222 e. The maximum absolute atomic E-state index is 12.1. The highest BCUT2D eigenvalue weighted by Gasteiger charge is 2.30. The van der Waals surface area contributed by atoms with Gasteiger partial charge < -0.3 is 9.64 Å². The summed E-state index contributed by atoms with van der Waals surface area (Å²) in [5.41, 5.74) is 2.14. The van der Waals surface area contributed by atoms with Gasteiger partial charge in [-0.3, -0.25) is 14.7 Å². The van der Waals surface area contributed by atoms with E-state index in [0.717, 1.165) is 63.6 Å². The van der Waals surface area contributed by atoms with Crippen LogP contribution < -0.4 is 0 Å². The van der Waals surface area contributed by atoms with Crippen molar-refractivity contribution in [1.82, 2.24) is 14.8 Å². The Bertz CT molecular complexity index is 514. The average molecular weight is 303 g/mol. The maximum Gasteiger partial charge on any atom is 0.222 e. The number of morpholine rings is 1. The van der Waals surface area contributed by atoms with Crippen LogP contribution in [-0.2, 0) is 16.1 Å². The van der Waals surface area contributed by atoms with Gasteiger partial charge in [0.05, 0.1) is 30.6 Å². The SMILES string of the molecule is CCC(=O)N1CCC[C@H]1c1cccc(CN2CCOCC2)n1. The van der Waals surface area contributed by atoms with E-state index in [4.69, 9.17) is 9.72 Å². The minimum Gasteiger partial charge on any atom is -0.379 e. The molecule has 5 heteroatoms. The number of hydrogen-bond donors (Lipinski definition) is 0. The van der Waals surface area contributed by atoms with Crippen LogP contribution in [0.2, 0.25) is 0 Å².